The molecule has 2 fully saturated rings. The van der Waals surface area contributed by atoms with Crippen molar-refractivity contribution in [2.24, 2.45) is 10.9 Å². The Hall–Kier alpha value is -1.13. The third kappa shape index (κ3) is 8.93. The molecule has 1 aromatic heterocycles. The highest BCUT2D eigenvalue weighted by Gasteiger charge is 2.14. The van der Waals surface area contributed by atoms with Gasteiger partial charge in [-0.2, -0.15) is 0 Å². The molecular weight excluding hydrogens is 493 g/mol. The van der Waals surface area contributed by atoms with Crippen molar-refractivity contribution in [3.05, 3.63) is 23.9 Å². The lowest BCUT2D eigenvalue weighted by Gasteiger charge is -2.28. The molecule has 3 rings (SSSR count). The summed E-state index contributed by atoms with van der Waals surface area (Å²) in [5, 5.41) is 6.77. The number of hydrogen-bond donors (Lipinski definition) is 2. The molecule has 0 bridgehead atoms. The van der Waals surface area contributed by atoms with Gasteiger partial charge in [-0.15, -0.1) is 24.0 Å². The summed E-state index contributed by atoms with van der Waals surface area (Å²) in [6.45, 7) is 7.23. The molecule has 0 saturated carbocycles. The van der Waals surface area contributed by atoms with Crippen LogP contribution >= 0.6 is 24.0 Å². The Morgan fingerprint density at radius 1 is 1.23 bits per heavy atom. The largest absolute Gasteiger partial charge is 0.381 e. The van der Waals surface area contributed by atoms with Crippen LogP contribution < -0.4 is 15.5 Å². The lowest BCUT2D eigenvalue weighted by atomic mass is 10.0. The van der Waals surface area contributed by atoms with Crippen LogP contribution in [0.15, 0.2) is 23.3 Å². The zero-order valence-electron chi connectivity index (χ0n) is 18.3. The van der Waals surface area contributed by atoms with Crippen molar-refractivity contribution in [1.82, 2.24) is 15.6 Å². The topological polar surface area (TPSA) is 71.0 Å². The minimum Gasteiger partial charge on any atom is -0.381 e. The van der Waals surface area contributed by atoms with E-state index in [9.17, 15) is 0 Å². The normalized spacial score (nSPS) is 18.0. The quantitative estimate of drug-likeness (QED) is 0.221. The summed E-state index contributed by atoms with van der Waals surface area (Å²) in [4.78, 5) is 11.3. The molecule has 0 amide bonds. The van der Waals surface area contributed by atoms with Gasteiger partial charge < -0.3 is 25.0 Å². The second-order valence-corrected chi connectivity index (χ2v) is 7.91. The highest BCUT2D eigenvalue weighted by molar-refractivity contribution is 14.0. The minimum atomic E-state index is 0. The molecule has 7 nitrogen and oxygen atoms in total. The molecule has 1 aromatic rings. The average Bonchev–Trinajstić information content (AvgIpc) is 2.79. The third-order valence-electron chi connectivity index (χ3n) is 5.63. The first-order valence-corrected chi connectivity index (χ1v) is 11.1. The van der Waals surface area contributed by atoms with Gasteiger partial charge >= 0.3 is 0 Å². The van der Waals surface area contributed by atoms with Crippen molar-refractivity contribution in [3.63, 3.8) is 0 Å². The molecule has 8 heteroatoms. The first kappa shape index (κ1) is 25.1. The van der Waals surface area contributed by atoms with Crippen molar-refractivity contribution in [2.45, 2.75) is 45.1 Å². The summed E-state index contributed by atoms with van der Waals surface area (Å²) < 4.78 is 11.2. The van der Waals surface area contributed by atoms with Crippen LogP contribution in [0.3, 0.4) is 0 Å². The molecule has 2 aliphatic rings. The maximum absolute atomic E-state index is 5.82. The molecule has 2 aliphatic heterocycles. The van der Waals surface area contributed by atoms with E-state index in [1.54, 1.807) is 0 Å². The number of guanidine groups is 1. The number of rotatable bonds is 9. The predicted molar refractivity (Wildman–Crippen MR) is 133 cm³/mol. The molecule has 2 N–H and O–H groups in total. The molecule has 30 heavy (non-hydrogen) atoms. The van der Waals surface area contributed by atoms with E-state index in [0.717, 1.165) is 83.6 Å². The van der Waals surface area contributed by atoms with Crippen LogP contribution in [0.5, 0.6) is 0 Å². The van der Waals surface area contributed by atoms with E-state index in [1.807, 2.05) is 13.2 Å². The zero-order chi connectivity index (χ0) is 20.2. The van der Waals surface area contributed by atoms with Crippen LogP contribution in [0, 0.1) is 5.92 Å². The molecule has 0 radical (unpaired) electrons. The van der Waals surface area contributed by atoms with Crippen molar-refractivity contribution in [1.29, 1.82) is 0 Å². The van der Waals surface area contributed by atoms with E-state index in [-0.39, 0.29) is 24.0 Å². The monoisotopic (exact) mass is 531 g/mol. The lowest BCUT2D eigenvalue weighted by Crippen LogP contribution is -2.37. The minimum absolute atomic E-state index is 0. The van der Waals surface area contributed by atoms with Crippen molar-refractivity contribution >= 4 is 35.8 Å². The van der Waals surface area contributed by atoms with Crippen molar-refractivity contribution < 1.29 is 9.47 Å². The first-order valence-electron chi connectivity index (χ1n) is 11.1. The number of halogens is 1. The molecule has 3 heterocycles. The summed E-state index contributed by atoms with van der Waals surface area (Å²) in [6, 6.07) is 4.26. The number of anilines is 1. The van der Waals surface area contributed by atoms with Crippen LogP contribution in [-0.4, -0.2) is 64.1 Å². The maximum atomic E-state index is 5.82. The number of pyridine rings is 1. The van der Waals surface area contributed by atoms with Gasteiger partial charge in [0.05, 0.1) is 0 Å². The number of hydrogen-bond acceptors (Lipinski definition) is 5. The number of aromatic nitrogens is 1. The Balaban J connectivity index is 0.00000320. The first-order chi connectivity index (χ1) is 14.3. The Morgan fingerprint density at radius 2 is 2.03 bits per heavy atom. The SMILES string of the molecule is CN=C(NCCCOCC1CCOCC1)NCc1ccnc(N2CCCCC2)c1.I. The van der Waals surface area contributed by atoms with E-state index < -0.39 is 0 Å². The van der Waals surface area contributed by atoms with Gasteiger partial charge in [-0.25, -0.2) is 4.98 Å². The van der Waals surface area contributed by atoms with Crippen LogP contribution in [-0.2, 0) is 16.0 Å². The number of ether oxygens (including phenoxy) is 2. The lowest BCUT2D eigenvalue weighted by molar-refractivity contribution is 0.0203. The van der Waals surface area contributed by atoms with Gasteiger partial charge in [-0.05, 0) is 62.1 Å². The van der Waals surface area contributed by atoms with Crippen LogP contribution in [0.4, 0.5) is 5.82 Å². The molecule has 0 aromatic carbocycles. The predicted octanol–water partition coefficient (Wildman–Crippen LogP) is 3.19. The van der Waals surface area contributed by atoms with Gasteiger partial charge in [-0.3, -0.25) is 4.99 Å². The standard InChI is InChI=1S/C22H37N5O2.HI/c1-23-22(25-9-5-13-29-18-19-7-14-28-15-8-19)26-17-20-6-10-24-21(16-20)27-11-3-2-4-12-27;/h6,10,16,19H,2-5,7-9,11-15,17-18H2,1H3,(H2,23,25,26);1H. The smallest absolute Gasteiger partial charge is 0.191 e. The summed E-state index contributed by atoms with van der Waals surface area (Å²) in [5.74, 6) is 2.58. The van der Waals surface area contributed by atoms with Crippen LogP contribution in [0.25, 0.3) is 0 Å². The number of piperidine rings is 1. The van der Waals surface area contributed by atoms with E-state index in [4.69, 9.17) is 9.47 Å². The van der Waals surface area contributed by atoms with E-state index in [1.165, 1.54) is 24.8 Å². The van der Waals surface area contributed by atoms with Gasteiger partial charge in [0.25, 0.3) is 0 Å². The summed E-state index contributed by atoms with van der Waals surface area (Å²) in [7, 11) is 1.81. The fourth-order valence-corrected chi connectivity index (χ4v) is 3.82. The van der Waals surface area contributed by atoms with Crippen LogP contribution in [0.2, 0.25) is 0 Å². The molecule has 0 atom stereocenters. The van der Waals surface area contributed by atoms with Crippen molar-refractivity contribution in [3.8, 4) is 0 Å². The second kappa shape index (κ2) is 14.8. The zero-order valence-corrected chi connectivity index (χ0v) is 20.6. The summed E-state index contributed by atoms with van der Waals surface area (Å²) in [6.07, 6.45) is 9.00. The summed E-state index contributed by atoms with van der Waals surface area (Å²) >= 11 is 0. The van der Waals surface area contributed by atoms with E-state index >= 15 is 0 Å². The molecule has 2 saturated heterocycles. The Labute approximate surface area is 198 Å². The van der Waals surface area contributed by atoms with Gasteiger partial charge in [0.2, 0.25) is 0 Å². The van der Waals surface area contributed by atoms with E-state index in [2.05, 4.69) is 37.6 Å². The van der Waals surface area contributed by atoms with Gasteiger partial charge in [0, 0.05) is 65.9 Å². The Morgan fingerprint density at radius 3 is 2.80 bits per heavy atom. The fourth-order valence-electron chi connectivity index (χ4n) is 3.82. The second-order valence-electron chi connectivity index (χ2n) is 7.91. The van der Waals surface area contributed by atoms with Gasteiger partial charge in [0.1, 0.15) is 5.82 Å². The highest BCUT2D eigenvalue weighted by atomic mass is 127. The molecule has 170 valence electrons. The van der Waals surface area contributed by atoms with Gasteiger partial charge in [-0.1, -0.05) is 0 Å². The highest BCUT2D eigenvalue weighted by Crippen LogP contribution is 2.18. The number of aliphatic imine (C=N–C) groups is 1. The maximum Gasteiger partial charge on any atom is 0.191 e. The van der Waals surface area contributed by atoms with Gasteiger partial charge in [0.15, 0.2) is 5.96 Å². The number of nitrogens with zero attached hydrogens (tertiary/aromatic N) is 3. The summed E-state index contributed by atoms with van der Waals surface area (Å²) in [5.41, 5.74) is 1.23. The van der Waals surface area contributed by atoms with Crippen molar-refractivity contribution in [2.75, 3.05) is 58.0 Å². The average molecular weight is 531 g/mol. The molecular formula is C22H38IN5O2. The van der Waals surface area contributed by atoms with E-state index in [0.29, 0.717) is 5.92 Å². The Bertz CT molecular complexity index is 619. The fraction of sp³-hybridized carbons (Fsp3) is 0.727. The molecule has 0 aliphatic carbocycles. The van der Waals surface area contributed by atoms with Crippen LogP contribution in [0.1, 0.15) is 44.1 Å². The third-order valence-corrected chi connectivity index (χ3v) is 5.63. The molecule has 0 spiro atoms. The molecule has 0 unspecified atom stereocenters. The Kier molecular flexibility index (Phi) is 12.4. The number of nitrogens with one attached hydrogen (secondary N) is 2.